The molecule has 2 aromatic rings. The molecule has 0 saturated carbocycles. The van der Waals surface area contributed by atoms with E-state index >= 15 is 0 Å². The first-order chi connectivity index (χ1) is 11.6. The quantitative estimate of drug-likeness (QED) is 0.861. The number of amides is 1. The Morgan fingerprint density at radius 2 is 1.92 bits per heavy atom. The van der Waals surface area contributed by atoms with E-state index in [9.17, 15) is 10.1 Å². The number of piperazine rings is 1. The fraction of sp³-hybridized carbons (Fsp3) is 0.368. The van der Waals surface area contributed by atoms with Crippen LogP contribution in [0, 0.1) is 25.2 Å². The SMILES string of the molecule is Cc1ccc(C(=O)N2CCN(C(C#N)c3cccs3)CC2)cc1C. The Kier molecular flexibility index (Phi) is 4.98. The fourth-order valence-corrected chi connectivity index (χ4v) is 3.81. The Balaban J connectivity index is 1.65. The predicted octanol–water partition coefficient (Wildman–Crippen LogP) is 3.39. The van der Waals surface area contributed by atoms with Crippen molar-refractivity contribution in [3.05, 3.63) is 57.3 Å². The third-order valence-electron chi connectivity index (χ3n) is 4.66. The maximum Gasteiger partial charge on any atom is 0.253 e. The van der Waals surface area contributed by atoms with Crippen LogP contribution in [0.2, 0.25) is 0 Å². The van der Waals surface area contributed by atoms with Crippen LogP contribution < -0.4 is 0 Å². The molecule has 1 aliphatic heterocycles. The van der Waals surface area contributed by atoms with Crippen LogP contribution in [0.4, 0.5) is 0 Å². The molecule has 0 spiro atoms. The van der Waals surface area contributed by atoms with Crippen LogP contribution in [-0.4, -0.2) is 41.9 Å². The first-order valence-electron chi connectivity index (χ1n) is 8.14. The minimum absolute atomic E-state index is 0.0855. The van der Waals surface area contributed by atoms with Gasteiger partial charge in [0.1, 0.15) is 6.04 Å². The highest BCUT2D eigenvalue weighted by Crippen LogP contribution is 2.25. The van der Waals surface area contributed by atoms with Crippen molar-refractivity contribution in [3.63, 3.8) is 0 Å². The molecule has 124 valence electrons. The summed E-state index contributed by atoms with van der Waals surface area (Å²) >= 11 is 1.61. The van der Waals surface area contributed by atoms with Gasteiger partial charge < -0.3 is 4.90 Å². The van der Waals surface area contributed by atoms with Crippen LogP contribution in [0.1, 0.15) is 32.4 Å². The van der Waals surface area contributed by atoms with Crippen molar-refractivity contribution in [2.24, 2.45) is 0 Å². The second kappa shape index (κ2) is 7.16. The van der Waals surface area contributed by atoms with Gasteiger partial charge in [-0.1, -0.05) is 12.1 Å². The summed E-state index contributed by atoms with van der Waals surface area (Å²) in [6, 6.07) is 12.0. The summed E-state index contributed by atoms with van der Waals surface area (Å²) in [5, 5.41) is 11.5. The lowest BCUT2D eigenvalue weighted by Crippen LogP contribution is -2.49. The van der Waals surface area contributed by atoms with Crippen molar-refractivity contribution < 1.29 is 4.79 Å². The third kappa shape index (κ3) is 3.35. The van der Waals surface area contributed by atoms with Crippen LogP contribution in [0.3, 0.4) is 0 Å². The summed E-state index contributed by atoms with van der Waals surface area (Å²) in [4.78, 5) is 17.8. The molecule has 1 aromatic heterocycles. The number of carbonyl (C=O) groups is 1. The average molecular weight is 339 g/mol. The highest BCUT2D eigenvalue weighted by molar-refractivity contribution is 7.10. The van der Waals surface area contributed by atoms with Gasteiger partial charge in [-0.3, -0.25) is 9.69 Å². The van der Waals surface area contributed by atoms with E-state index in [2.05, 4.69) is 17.9 Å². The van der Waals surface area contributed by atoms with E-state index in [1.807, 2.05) is 47.5 Å². The van der Waals surface area contributed by atoms with Crippen LogP contribution in [0.5, 0.6) is 0 Å². The second-order valence-electron chi connectivity index (χ2n) is 6.17. The highest BCUT2D eigenvalue weighted by atomic mass is 32.1. The van der Waals surface area contributed by atoms with E-state index in [1.54, 1.807) is 11.3 Å². The summed E-state index contributed by atoms with van der Waals surface area (Å²) in [6.07, 6.45) is 0. The highest BCUT2D eigenvalue weighted by Gasteiger charge is 2.28. The molecule has 1 amide bonds. The average Bonchev–Trinajstić information content (AvgIpc) is 3.12. The van der Waals surface area contributed by atoms with Crippen LogP contribution in [0.25, 0.3) is 0 Å². The molecule has 0 aliphatic carbocycles. The summed E-state index contributed by atoms with van der Waals surface area (Å²) < 4.78 is 0. The number of hydrogen-bond donors (Lipinski definition) is 0. The fourth-order valence-electron chi connectivity index (χ4n) is 3.01. The Hall–Kier alpha value is -2.16. The number of thiophene rings is 1. The van der Waals surface area contributed by atoms with Gasteiger partial charge in [0, 0.05) is 36.6 Å². The van der Waals surface area contributed by atoms with Crippen LogP contribution in [0.15, 0.2) is 35.7 Å². The summed E-state index contributed by atoms with van der Waals surface area (Å²) in [6.45, 7) is 6.86. The molecule has 1 atom stereocenters. The first-order valence-corrected chi connectivity index (χ1v) is 9.01. The molecule has 0 N–H and O–H groups in total. The zero-order chi connectivity index (χ0) is 17.1. The van der Waals surface area contributed by atoms with Gasteiger partial charge in [-0.2, -0.15) is 5.26 Å². The molecule has 4 nitrogen and oxygen atoms in total. The largest absolute Gasteiger partial charge is 0.336 e. The number of hydrogen-bond acceptors (Lipinski definition) is 4. The van der Waals surface area contributed by atoms with Gasteiger partial charge in [-0.05, 0) is 48.6 Å². The zero-order valence-corrected chi connectivity index (χ0v) is 14.8. The van der Waals surface area contributed by atoms with Crippen LogP contribution in [-0.2, 0) is 0 Å². The van der Waals surface area contributed by atoms with Crippen molar-refractivity contribution in [1.29, 1.82) is 5.26 Å². The van der Waals surface area contributed by atoms with Crippen molar-refractivity contribution in [1.82, 2.24) is 9.80 Å². The van der Waals surface area contributed by atoms with Gasteiger partial charge in [0.15, 0.2) is 0 Å². The topological polar surface area (TPSA) is 47.3 Å². The zero-order valence-electron chi connectivity index (χ0n) is 14.0. The van der Waals surface area contributed by atoms with Crippen molar-refractivity contribution in [3.8, 4) is 6.07 Å². The lowest BCUT2D eigenvalue weighted by atomic mass is 10.1. The molecule has 3 rings (SSSR count). The number of aryl methyl sites for hydroxylation is 2. The first kappa shape index (κ1) is 16.7. The Morgan fingerprint density at radius 1 is 1.17 bits per heavy atom. The lowest BCUT2D eigenvalue weighted by Gasteiger charge is -2.36. The van der Waals surface area contributed by atoms with E-state index in [1.165, 1.54) is 5.56 Å². The molecule has 0 radical (unpaired) electrons. The maximum absolute atomic E-state index is 12.7. The molecular formula is C19H21N3OS. The van der Waals surface area contributed by atoms with E-state index in [-0.39, 0.29) is 11.9 Å². The molecule has 1 fully saturated rings. The number of nitrogens with zero attached hydrogens (tertiary/aromatic N) is 3. The molecule has 2 heterocycles. The molecule has 5 heteroatoms. The van der Waals surface area contributed by atoms with E-state index in [0.717, 1.165) is 29.1 Å². The number of carbonyl (C=O) groups excluding carboxylic acids is 1. The van der Waals surface area contributed by atoms with Gasteiger partial charge in [0.2, 0.25) is 0 Å². The number of benzene rings is 1. The lowest BCUT2D eigenvalue weighted by molar-refractivity contribution is 0.0608. The van der Waals surface area contributed by atoms with E-state index < -0.39 is 0 Å². The third-order valence-corrected chi connectivity index (χ3v) is 5.58. The Bertz CT molecular complexity index is 755. The monoisotopic (exact) mass is 339 g/mol. The standard InChI is InChI=1S/C19H21N3OS/c1-14-5-6-16(12-15(14)2)19(23)22-9-7-21(8-10-22)17(13-20)18-4-3-11-24-18/h3-6,11-12,17H,7-10H2,1-2H3. The second-order valence-corrected chi connectivity index (χ2v) is 7.15. The molecule has 1 saturated heterocycles. The Labute approximate surface area is 146 Å². The normalized spacial score (nSPS) is 16.6. The van der Waals surface area contributed by atoms with Gasteiger partial charge in [-0.15, -0.1) is 11.3 Å². The molecule has 1 aromatic carbocycles. The van der Waals surface area contributed by atoms with Gasteiger partial charge in [0.05, 0.1) is 6.07 Å². The number of rotatable bonds is 3. The van der Waals surface area contributed by atoms with Gasteiger partial charge in [0.25, 0.3) is 5.91 Å². The summed E-state index contributed by atoms with van der Waals surface area (Å²) in [5.74, 6) is 0.0855. The molecular weight excluding hydrogens is 318 g/mol. The minimum Gasteiger partial charge on any atom is -0.336 e. The van der Waals surface area contributed by atoms with Crippen molar-refractivity contribution >= 4 is 17.2 Å². The van der Waals surface area contributed by atoms with Gasteiger partial charge >= 0.3 is 0 Å². The van der Waals surface area contributed by atoms with Crippen molar-refractivity contribution in [2.45, 2.75) is 19.9 Å². The summed E-state index contributed by atoms with van der Waals surface area (Å²) in [7, 11) is 0. The maximum atomic E-state index is 12.7. The smallest absolute Gasteiger partial charge is 0.253 e. The van der Waals surface area contributed by atoms with Gasteiger partial charge in [-0.25, -0.2) is 0 Å². The molecule has 24 heavy (non-hydrogen) atoms. The molecule has 1 unspecified atom stereocenters. The minimum atomic E-state index is -0.205. The summed E-state index contributed by atoms with van der Waals surface area (Å²) in [5.41, 5.74) is 3.09. The van der Waals surface area contributed by atoms with Crippen LogP contribution >= 0.6 is 11.3 Å². The number of nitriles is 1. The van der Waals surface area contributed by atoms with E-state index in [0.29, 0.717) is 13.1 Å². The van der Waals surface area contributed by atoms with E-state index in [4.69, 9.17) is 0 Å². The molecule has 0 bridgehead atoms. The Morgan fingerprint density at radius 3 is 2.50 bits per heavy atom. The van der Waals surface area contributed by atoms with Crippen molar-refractivity contribution in [2.75, 3.05) is 26.2 Å². The molecule has 1 aliphatic rings. The predicted molar refractivity (Wildman–Crippen MR) is 96.1 cm³/mol.